The van der Waals surface area contributed by atoms with Gasteiger partial charge in [-0.25, -0.2) is 9.37 Å². The van der Waals surface area contributed by atoms with E-state index in [4.69, 9.17) is 11.6 Å². The number of pyridine rings is 3. The first-order valence-corrected chi connectivity index (χ1v) is 9.27. The molecule has 3 aromatic heterocycles. The molecule has 138 valence electrons. The van der Waals surface area contributed by atoms with Crippen molar-refractivity contribution in [3.63, 3.8) is 0 Å². The molecule has 0 spiro atoms. The van der Waals surface area contributed by atoms with Crippen molar-refractivity contribution in [1.29, 1.82) is 0 Å². The Morgan fingerprint density at radius 1 is 0.643 bits per heavy atom. The van der Waals surface area contributed by atoms with E-state index in [2.05, 4.69) is 15.0 Å². The lowest BCUT2D eigenvalue weighted by molar-refractivity contribution is 0.623. The van der Waals surface area contributed by atoms with Gasteiger partial charge in [-0.05, 0) is 52.6 Å². The van der Waals surface area contributed by atoms with E-state index in [0.717, 1.165) is 22.3 Å². The molecule has 4 rings (SSSR count). The Balaban J connectivity index is 1.93. The first kappa shape index (κ1) is 18.3. The molecule has 0 N–H and O–H groups in total. The zero-order chi connectivity index (χ0) is 19.3. The summed E-state index contributed by atoms with van der Waals surface area (Å²) >= 11 is 6.02. The van der Waals surface area contributed by atoms with Crippen LogP contribution in [0.1, 0.15) is 34.1 Å². The molecule has 0 aliphatic heterocycles. The molecule has 0 bridgehead atoms. The summed E-state index contributed by atoms with van der Waals surface area (Å²) in [5.74, 6) is -0.453. The second kappa shape index (κ2) is 8.28. The topological polar surface area (TPSA) is 38.7 Å². The average Bonchev–Trinajstić information content (AvgIpc) is 2.75. The van der Waals surface area contributed by atoms with Crippen LogP contribution in [0.25, 0.3) is 0 Å². The van der Waals surface area contributed by atoms with Gasteiger partial charge in [-0.2, -0.15) is 0 Å². The highest BCUT2D eigenvalue weighted by Crippen LogP contribution is 2.42. The quantitative estimate of drug-likeness (QED) is 0.415. The number of nitrogens with zero attached hydrogens (tertiary/aromatic N) is 3. The summed E-state index contributed by atoms with van der Waals surface area (Å²) in [7, 11) is 0. The number of benzene rings is 1. The molecule has 0 radical (unpaired) electrons. The van der Waals surface area contributed by atoms with E-state index >= 15 is 0 Å². The average molecular weight is 390 g/mol. The third-order valence-electron chi connectivity index (χ3n) is 4.76. The standard InChI is InChI=1S/C23H17ClFN3/c24-21-10-7-19(15-28-21)22(16-5-8-20(25)9-6-16)23(17-3-1-11-26-13-17)18-4-2-12-27-14-18/h1-15,22-23H. The van der Waals surface area contributed by atoms with E-state index in [1.807, 2.05) is 54.9 Å². The number of halogens is 2. The molecule has 4 aromatic rings. The fourth-order valence-electron chi connectivity index (χ4n) is 3.52. The van der Waals surface area contributed by atoms with Crippen molar-refractivity contribution >= 4 is 11.6 Å². The Kier molecular flexibility index (Phi) is 5.40. The van der Waals surface area contributed by atoms with Crippen molar-refractivity contribution in [3.8, 4) is 0 Å². The normalized spacial score (nSPS) is 12.1. The van der Waals surface area contributed by atoms with Crippen LogP contribution in [0.3, 0.4) is 0 Å². The Labute approximate surface area is 167 Å². The van der Waals surface area contributed by atoms with Crippen molar-refractivity contribution in [2.24, 2.45) is 0 Å². The summed E-state index contributed by atoms with van der Waals surface area (Å²) in [5, 5.41) is 0.431. The Morgan fingerprint density at radius 2 is 1.18 bits per heavy atom. The fraction of sp³-hybridized carbons (Fsp3) is 0.0870. The van der Waals surface area contributed by atoms with Crippen LogP contribution in [0.2, 0.25) is 5.15 Å². The maximum Gasteiger partial charge on any atom is 0.129 e. The molecule has 28 heavy (non-hydrogen) atoms. The highest BCUT2D eigenvalue weighted by atomic mass is 35.5. The lowest BCUT2D eigenvalue weighted by Gasteiger charge is -2.28. The van der Waals surface area contributed by atoms with Gasteiger partial charge in [0.1, 0.15) is 11.0 Å². The minimum absolute atomic E-state index is 0.0733. The molecule has 0 saturated heterocycles. The van der Waals surface area contributed by atoms with Crippen molar-refractivity contribution in [2.45, 2.75) is 11.8 Å². The number of hydrogen-bond donors (Lipinski definition) is 0. The molecular weight excluding hydrogens is 373 g/mol. The smallest absolute Gasteiger partial charge is 0.129 e. The van der Waals surface area contributed by atoms with E-state index in [1.165, 1.54) is 12.1 Å². The van der Waals surface area contributed by atoms with Gasteiger partial charge in [-0.1, -0.05) is 41.9 Å². The molecule has 0 saturated carbocycles. The largest absolute Gasteiger partial charge is 0.264 e. The second-order valence-electron chi connectivity index (χ2n) is 6.49. The number of aromatic nitrogens is 3. The maximum atomic E-state index is 13.6. The highest BCUT2D eigenvalue weighted by Gasteiger charge is 2.29. The van der Waals surface area contributed by atoms with Crippen molar-refractivity contribution in [1.82, 2.24) is 15.0 Å². The second-order valence-corrected chi connectivity index (χ2v) is 6.88. The molecular formula is C23H17ClFN3. The third kappa shape index (κ3) is 3.92. The van der Waals surface area contributed by atoms with Gasteiger partial charge < -0.3 is 0 Å². The van der Waals surface area contributed by atoms with Crippen LogP contribution < -0.4 is 0 Å². The van der Waals surface area contributed by atoms with Crippen LogP contribution in [-0.2, 0) is 0 Å². The van der Waals surface area contributed by atoms with Gasteiger partial charge in [0, 0.05) is 42.8 Å². The number of hydrogen-bond acceptors (Lipinski definition) is 3. The fourth-order valence-corrected chi connectivity index (χ4v) is 3.63. The minimum atomic E-state index is -0.268. The van der Waals surface area contributed by atoms with Gasteiger partial charge in [-0.15, -0.1) is 0 Å². The molecule has 5 heteroatoms. The van der Waals surface area contributed by atoms with E-state index in [9.17, 15) is 4.39 Å². The molecule has 0 aliphatic carbocycles. The summed E-state index contributed by atoms with van der Waals surface area (Å²) in [6.45, 7) is 0. The zero-order valence-electron chi connectivity index (χ0n) is 14.9. The van der Waals surface area contributed by atoms with Gasteiger partial charge in [0.05, 0.1) is 0 Å². The summed E-state index contributed by atoms with van der Waals surface area (Å²) in [5.41, 5.74) is 4.04. The van der Waals surface area contributed by atoms with Crippen LogP contribution >= 0.6 is 11.6 Å². The predicted octanol–water partition coefficient (Wildman–Crippen LogP) is 5.63. The molecule has 0 aliphatic rings. The molecule has 0 amide bonds. The molecule has 1 unspecified atom stereocenters. The number of rotatable bonds is 5. The summed E-state index contributed by atoms with van der Waals surface area (Å²) < 4.78 is 13.6. The van der Waals surface area contributed by atoms with Gasteiger partial charge >= 0.3 is 0 Å². The Morgan fingerprint density at radius 3 is 1.68 bits per heavy atom. The van der Waals surface area contributed by atoms with Crippen LogP contribution in [0.4, 0.5) is 4.39 Å². The predicted molar refractivity (Wildman–Crippen MR) is 108 cm³/mol. The van der Waals surface area contributed by atoms with Crippen LogP contribution in [-0.4, -0.2) is 15.0 Å². The maximum absolute atomic E-state index is 13.6. The van der Waals surface area contributed by atoms with Crippen molar-refractivity contribution in [2.75, 3.05) is 0 Å². The van der Waals surface area contributed by atoms with E-state index in [0.29, 0.717) is 5.15 Å². The Hall–Kier alpha value is -3.11. The molecule has 3 heterocycles. The van der Waals surface area contributed by atoms with Crippen LogP contribution in [0.15, 0.2) is 91.6 Å². The lowest BCUT2D eigenvalue weighted by Crippen LogP contribution is -2.15. The summed E-state index contributed by atoms with van der Waals surface area (Å²) in [6, 6.07) is 18.3. The Bertz CT molecular complexity index is 938. The third-order valence-corrected chi connectivity index (χ3v) is 4.98. The van der Waals surface area contributed by atoms with Gasteiger partial charge in [0.25, 0.3) is 0 Å². The van der Waals surface area contributed by atoms with E-state index in [-0.39, 0.29) is 17.7 Å². The van der Waals surface area contributed by atoms with E-state index in [1.54, 1.807) is 24.7 Å². The summed E-state index contributed by atoms with van der Waals surface area (Å²) in [6.07, 6.45) is 8.99. The van der Waals surface area contributed by atoms with Crippen molar-refractivity contribution in [3.05, 3.63) is 125 Å². The van der Waals surface area contributed by atoms with E-state index < -0.39 is 0 Å². The molecule has 1 atom stereocenters. The highest BCUT2D eigenvalue weighted by molar-refractivity contribution is 6.29. The zero-order valence-corrected chi connectivity index (χ0v) is 15.7. The first-order chi connectivity index (χ1) is 13.7. The van der Waals surface area contributed by atoms with Gasteiger partial charge in [-0.3, -0.25) is 9.97 Å². The minimum Gasteiger partial charge on any atom is -0.264 e. The molecule has 3 nitrogen and oxygen atoms in total. The van der Waals surface area contributed by atoms with Crippen LogP contribution in [0, 0.1) is 5.82 Å². The summed E-state index contributed by atoms with van der Waals surface area (Å²) in [4.78, 5) is 12.9. The van der Waals surface area contributed by atoms with Crippen molar-refractivity contribution < 1.29 is 4.39 Å². The monoisotopic (exact) mass is 389 g/mol. The SMILES string of the molecule is Fc1ccc(C(c2ccc(Cl)nc2)C(c2cccnc2)c2cccnc2)cc1. The molecule has 1 aromatic carbocycles. The van der Waals surface area contributed by atoms with Gasteiger partial charge in [0.2, 0.25) is 0 Å². The first-order valence-electron chi connectivity index (χ1n) is 8.89. The lowest BCUT2D eigenvalue weighted by atomic mass is 9.75. The molecule has 0 fully saturated rings. The van der Waals surface area contributed by atoms with Gasteiger partial charge in [0.15, 0.2) is 0 Å². The van der Waals surface area contributed by atoms with Crippen LogP contribution in [0.5, 0.6) is 0 Å².